The molecule has 2 rings (SSSR count). The summed E-state index contributed by atoms with van der Waals surface area (Å²) in [6.45, 7) is 2.32. The largest absolute Gasteiger partial charge is 0.496 e. The highest BCUT2D eigenvalue weighted by Crippen LogP contribution is 2.22. The van der Waals surface area contributed by atoms with E-state index in [1.54, 1.807) is 19.2 Å². The molecule has 0 bridgehead atoms. The van der Waals surface area contributed by atoms with E-state index < -0.39 is 6.10 Å². The first kappa shape index (κ1) is 14.3. The van der Waals surface area contributed by atoms with Gasteiger partial charge in [0, 0.05) is 12.2 Å². The standard InChI is InChI=1S/C16H18FNO2/c1-11-9-14(7-8-16(11)20-2)18-10-15(19)12-3-5-13(17)6-4-12/h3-9,15,18-19H,10H2,1-2H3. The lowest BCUT2D eigenvalue weighted by Crippen LogP contribution is -2.12. The Morgan fingerprint density at radius 2 is 1.90 bits per heavy atom. The molecular weight excluding hydrogens is 257 g/mol. The lowest BCUT2D eigenvalue weighted by Gasteiger charge is -2.14. The molecule has 0 fully saturated rings. The lowest BCUT2D eigenvalue weighted by atomic mass is 10.1. The number of rotatable bonds is 5. The fourth-order valence-corrected chi connectivity index (χ4v) is 2.01. The van der Waals surface area contributed by atoms with Gasteiger partial charge in [0.05, 0.1) is 13.2 Å². The van der Waals surface area contributed by atoms with Crippen molar-refractivity contribution < 1.29 is 14.2 Å². The maximum absolute atomic E-state index is 12.8. The number of ether oxygens (including phenoxy) is 1. The lowest BCUT2D eigenvalue weighted by molar-refractivity contribution is 0.191. The monoisotopic (exact) mass is 275 g/mol. The van der Waals surface area contributed by atoms with Gasteiger partial charge < -0.3 is 15.2 Å². The number of hydrogen-bond acceptors (Lipinski definition) is 3. The maximum atomic E-state index is 12.8. The van der Waals surface area contributed by atoms with Gasteiger partial charge in [0.2, 0.25) is 0 Å². The Balaban J connectivity index is 1.97. The van der Waals surface area contributed by atoms with Crippen LogP contribution < -0.4 is 10.1 Å². The summed E-state index contributed by atoms with van der Waals surface area (Å²) in [5, 5.41) is 13.2. The SMILES string of the molecule is COc1ccc(NCC(O)c2ccc(F)cc2)cc1C. The Labute approximate surface area is 118 Å². The summed E-state index contributed by atoms with van der Waals surface area (Å²) in [5.41, 5.74) is 2.61. The topological polar surface area (TPSA) is 41.5 Å². The second-order valence-corrected chi connectivity index (χ2v) is 4.63. The molecule has 0 amide bonds. The molecule has 1 unspecified atom stereocenters. The molecule has 4 heteroatoms. The third kappa shape index (κ3) is 3.48. The van der Waals surface area contributed by atoms with Gasteiger partial charge in [0.15, 0.2) is 0 Å². The van der Waals surface area contributed by atoms with E-state index in [1.165, 1.54) is 12.1 Å². The number of anilines is 1. The van der Waals surface area contributed by atoms with Crippen molar-refractivity contribution >= 4 is 5.69 Å². The fraction of sp³-hybridized carbons (Fsp3) is 0.250. The molecule has 1 atom stereocenters. The zero-order valence-corrected chi connectivity index (χ0v) is 11.6. The molecule has 106 valence electrons. The third-order valence-corrected chi connectivity index (χ3v) is 3.15. The number of aryl methyl sites for hydroxylation is 1. The van der Waals surface area contributed by atoms with Crippen LogP contribution in [0.2, 0.25) is 0 Å². The van der Waals surface area contributed by atoms with Crippen molar-refractivity contribution in [1.82, 2.24) is 0 Å². The number of aliphatic hydroxyl groups is 1. The molecule has 0 aliphatic rings. The van der Waals surface area contributed by atoms with E-state index in [4.69, 9.17) is 4.74 Å². The van der Waals surface area contributed by atoms with Gasteiger partial charge in [-0.25, -0.2) is 4.39 Å². The summed E-state index contributed by atoms with van der Waals surface area (Å²) in [5.74, 6) is 0.523. The molecule has 0 aliphatic heterocycles. The molecule has 3 nitrogen and oxygen atoms in total. The van der Waals surface area contributed by atoms with Crippen LogP contribution in [-0.4, -0.2) is 18.8 Å². The molecule has 2 aromatic rings. The molecular formula is C16H18FNO2. The smallest absolute Gasteiger partial charge is 0.123 e. The molecule has 20 heavy (non-hydrogen) atoms. The van der Waals surface area contributed by atoms with E-state index >= 15 is 0 Å². The van der Waals surface area contributed by atoms with Crippen LogP contribution in [0.1, 0.15) is 17.2 Å². The highest BCUT2D eigenvalue weighted by Gasteiger charge is 2.08. The Bertz CT molecular complexity index is 569. The van der Waals surface area contributed by atoms with Crippen molar-refractivity contribution in [3.05, 3.63) is 59.4 Å². The van der Waals surface area contributed by atoms with Gasteiger partial charge in [-0.15, -0.1) is 0 Å². The summed E-state index contributed by atoms with van der Waals surface area (Å²) in [6, 6.07) is 11.6. The summed E-state index contributed by atoms with van der Waals surface area (Å²) >= 11 is 0. The zero-order valence-electron chi connectivity index (χ0n) is 11.6. The first-order chi connectivity index (χ1) is 9.60. The second-order valence-electron chi connectivity index (χ2n) is 4.63. The Morgan fingerprint density at radius 1 is 1.20 bits per heavy atom. The first-order valence-corrected chi connectivity index (χ1v) is 6.42. The summed E-state index contributed by atoms with van der Waals surface area (Å²) in [6.07, 6.45) is -0.682. The predicted octanol–water partition coefficient (Wildman–Crippen LogP) is 3.29. The number of aliphatic hydroxyl groups excluding tert-OH is 1. The number of methoxy groups -OCH3 is 1. The minimum atomic E-state index is -0.682. The zero-order chi connectivity index (χ0) is 14.5. The highest BCUT2D eigenvalue weighted by molar-refractivity contribution is 5.50. The van der Waals surface area contributed by atoms with Gasteiger partial charge in [-0.1, -0.05) is 12.1 Å². The summed E-state index contributed by atoms with van der Waals surface area (Å²) in [7, 11) is 1.63. The van der Waals surface area contributed by atoms with Crippen LogP contribution in [0, 0.1) is 12.7 Å². The van der Waals surface area contributed by atoms with Crippen LogP contribution in [0.25, 0.3) is 0 Å². The average molecular weight is 275 g/mol. The predicted molar refractivity (Wildman–Crippen MR) is 77.6 cm³/mol. The number of nitrogens with one attached hydrogen (secondary N) is 1. The Hall–Kier alpha value is -2.07. The van der Waals surface area contributed by atoms with Crippen LogP contribution in [0.15, 0.2) is 42.5 Å². The van der Waals surface area contributed by atoms with Crippen LogP contribution >= 0.6 is 0 Å². The van der Waals surface area contributed by atoms with E-state index in [9.17, 15) is 9.50 Å². The van der Waals surface area contributed by atoms with E-state index in [0.717, 1.165) is 17.0 Å². The van der Waals surface area contributed by atoms with Crippen molar-refractivity contribution in [2.45, 2.75) is 13.0 Å². The minimum Gasteiger partial charge on any atom is -0.496 e. The van der Waals surface area contributed by atoms with E-state index in [2.05, 4.69) is 5.32 Å². The molecule has 0 radical (unpaired) electrons. The van der Waals surface area contributed by atoms with E-state index in [0.29, 0.717) is 12.1 Å². The van der Waals surface area contributed by atoms with E-state index in [-0.39, 0.29) is 5.82 Å². The maximum Gasteiger partial charge on any atom is 0.123 e. The fourth-order valence-electron chi connectivity index (χ4n) is 2.01. The van der Waals surface area contributed by atoms with Crippen molar-refractivity contribution in [2.24, 2.45) is 0 Å². The van der Waals surface area contributed by atoms with Crippen LogP contribution in [0.3, 0.4) is 0 Å². The van der Waals surface area contributed by atoms with Crippen molar-refractivity contribution in [2.75, 3.05) is 19.0 Å². The summed E-state index contributed by atoms with van der Waals surface area (Å²) < 4.78 is 18.0. The van der Waals surface area contributed by atoms with Gasteiger partial charge in [-0.3, -0.25) is 0 Å². The van der Waals surface area contributed by atoms with Crippen molar-refractivity contribution in [3.8, 4) is 5.75 Å². The van der Waals surface area contributed by atoms with Gasteiger partial charge >= 0.3 is 0 Å². The van der Waals surface area contributed by atoms with Gasteiger partial charge in [0.1, 0.15) is 11.6 Å². The average Bonchev–Trinajstić information content (AvgIpc) is 2.45. The van der Waals surface area contributed by atoms with Crippen LogP contribution in [0.4, 0.5) is 10.1 Å². The van der Waals surface area contributed by atoms with Gasteiger partial charge in [0.25, 0.3) is 0 Å². The molecule has 0 saturated carbocycles. The molecule has 0 aromatic heterocycles. The van der Waals surface area contributed by atoms with E-state index in [1.807, 2.05) is 25.1 Å². The molecule has 0 heterocycles. The Kier molecular flexibility index (Phi) is 4.58. The minimum absolute atomic E-state index is 0.306. The molecule has 0 aliphatic carbocycles. The number of hydrogen-bond donors (Lipinski definition) is 2. The molecule has 2 N–H and O–H groups in total. The van der Waals surface area contributed by atoms with Gasteiger partial charge in [-0.05, 0) is 48.4 Å². The van der Waals surface area contributed by atoms with Crippen molar-refractivity contribution in [1.29, 1.82) is 0 Å². The number of halogens is 1. The third-order valence-electron chi connectivity index (χ3n) is 3.15. The Morgan fingerprint density at radius 3 is 2.50 bits per heavy atom. The highest BCUT2D eigenvalue weighted by atomic mass is 19.1. The molecule has 0 saturated heterocycles. The normalized spacial score (nSPS) is 12.0. The summed E-state index contributed by atoms with van der Waals surface area (Å²) in [4.78, 5) is 0. The quantitative estimate of drug-likeness (QED) is 0.879. The van der Waals surface area contributed by atoms with Crippen molar-refractivity contribution in [3.63, 3.8) is 0 Å². The second kappa shape index (κ2) is 6.39. The molecule has 2 aromatic carbocycles. The first-order valence-electron chi connectivity index (χ1n) is 6.42. The molecule has 0 spiro atoms. The van der Waals surface area contributed by atoms with Crippen LogP contribution in [0.5, 0.6) is 5.75 Å². The van der Waals surface area contributed by atoms with Gasteiger partial charge in [-0.2, -0.15) is 0 Å². The number of benzene rings is 2. The van der Waals surface area contributed by atoms with Crippen LogP contribution in [-0.2, 0) is 0 Å².